The molecule has 0 heterocycles. The van der Waals surface area contributed by atoms with Crippen molar-refractivity contribution in [2.75, 3.05) is 26.0 Å². The molecular formula is C21H29N3O3S. The Morgan fingerprint density at radius 2 is 1.79 bits per heavy atom. The van der Waals surface area contributed by atoms with E-state index >= 15 is 0 Å². The minimum atomic E-state index is -3.12. The van der Waals surface area contributed by atoms with Crippen LogP contribution in [-0.4, -0.2) is 40.3 Å². The molecule has 0 saturated carbocycles. The highest BCUT2D eigenvalue weighted by Crippen LogP contribution is 2.13. The van der Waals surface area contributed by atoms with Crippen molar-refractivity contribution in [3.63, 3.8) is 0 Å². The van der Waals surface area contributed by atoms with Crippen molar-refractivity contribution in [1.29, 1.82) is 0 Å². The maximum Gasteiger partial charge on any atom is 0.191 e. The summed E-state index contributed by atoms with van der Waals surface area (Å²) in [7, 11) is -1.48. The molecule has 2 aromatic carbocycles. The fourth-order valence-corrected chi connectivity index (χ4v) is 4.11. The van der Waals surface area contributed by atoms with Gasteiger partial charge in [-0.3, -0.25) is 0 Å². The zero-order valence-corrected chi connectivity index (χ0v) is 17.3. The van der Waals surface area contributed by atoms with Crippen LogP contribution in [0.1, 0.15) is 24.5 Å². The molecule has 7 heteroatoms. The summed E-state index contributed by atoms with van der Waals surface area (Å²) in [5.74, 6) is 1.70. The van der Waals surface area contributed by atoms with Gasteiger partial charge < -0.3 is 15.4 Å². The number of hydrogen-bond acceptors (Lipinski definition) is 4. The molecule has 0 spiro atoms. The monoisotopic (exact) mass is 403 g/mol. The highest BCUT2D eigenvalue weighted by molar-refractivity contribution is 7.90. The van der Waals surface area contributed by atoms with E-state index in [4.69, 9.17) is 4.74 Å². The van der Waals surface area contributed by atoms with E-state index < -0.39 is 9.84 Å². The van der Waals surface area contributed by atoms with Crippen molar-refractivity contribution >= 4 is 15.8 Å². The van der Waals surface area contributed by atoms with Gasteiger partial charge in [0.05, 0.1) is 25.2 Å². The smallest absolute Gasteiger partial charge is 0.191 e. The van der Waals surface area contributed by atoms with Gasteiger partial charge in [0.15, 0.2) is 15.8 Å². The normalized spacial score (nSPS) is 11.9. The number of nitrogens with one attached hydrogen (secondary N) is 2. The van der Waals surface area contributed by atoms with Crippen molar-refractivity contribution in [2.24, 2.45) is 4.99 Å². The largest absolute Gasteiger partial charge is 0.497 e. The zero-order valence-electron chi connectivity index (χ0n) is 16.5. The van der Waals surface area contributed by atoms with E-state index in [1.165, 1.54) is 0 Å². The third kappa shape index (κ3) is 8.00. The lowest BCUT2D eigenvalue weighted by molar-refractivity contribution is 0.414. The van der Waals surface area contributed by atoms with Crippen LogP contribution in [0.25, 0.3) is 0 Å². The van der Waals surface area contributed by atoms with Gasteiger partial charge in [-0.05, 0) is 36.6 Å². The van der Waals surface area contributed by atoms with Crippen LogP contribution in [0.15, 0.2) is 59.6 Å². The summed E-state index contributed by atoms with van der Waals surface area (Å²) in [4.78, 5) is 4.55. The predicted molar refractivity (Wildman–Crippen MR) is 114 cm³/mol. The molecule has 152 valence electrons. The maximum atomic E-state index is 12.3. The average molecular weight is 404 g/mol. The molecule has 0 aliphatic carbocycles. The van der Waals surface area contributed by atoms with E-state index in [0.29, 0.717) is 25.5 Å². The predicted octanol–water partition coefficient (Wildman–Crippen LogP) is 2.76. The highest BCUT2D eigenvalue weighted by Gasteiger charge is 2.11. The molecule has 28 heavy (non-hydrogen) atoms. The molecular weight excluding hydrogens is 374 g/mol. The van der Waals surface area contributed by atoms with E-state index in [9.17, 15) is 8.42 Å². The molecule has 0 aliphatic heterocycles. The Kier molecular flexibility index (Phi) is 8.81. The van der Waals surface area contributed by atoms with Crippen LogP contribution in [0.5, 0.6) is 5.75 Å². The van der Waals surface area contributed by atoms with Gasteiger partial charge in [0, 0.05) is 13.1 Å². The Bertz CT molecular complexity index is 852. The zero-order chi connectivity index (χ0) is 20.2. The van der Waals surface area contributed by atoms with Crippen LogP contribution in [0.3, 0.4) is 0 Å². The molecule has 0 unspecified atom stereocenters. The van der Waals surface area contributed by atoms with E-state index in [0.717, 1.165) is 23.4 Å². The van der Waals surface area contributed by atoms with E-state index in [1.807, 2.05) is 61.5 Å². The lowest BCUT2D eigenvalue weighted by Gasteiger charge is -2.12. The van der Waals surface area contributed by atoms with Crippen molar-refractivity contribution in [3.8, 4) is 5.75 Å². The summed E-state index contributed by atoms with van der Waals surface area (Å²) in [6.07, 6.45) is 0.527. The second-order valence-corrected chi connectivity index (χ2v) is 8.59. The SMILES string of the molecule is CCNC(=NCc1cccc(OC)c1)NCCCS(=O)(=O)Cc1ccccc1. The minimum Gasteiger partial charge on any atom is -0.497 e. The Morgan fingerprint density at radius 1 is 1.04 bits per heavy atom. The number of sulfone groups is 1. The summed E-state index contributed by atoms with van der Waals surface area (Å²) >= 11 is 0. The van der Waals surface area contributed by atoms with Gasteiger partial charge in [0.25, 0.3) is 0 Å². The molecule has 0 radical (unpaired) electrons. The first kappa shape index (κ1) is 21.8. The molecule has 6 nitrogen and oxygen atoms in total. The lowest BCUT2D eigenvalue weighted by atomic mass is 10.2. The topological polar surface area (TPSA) is 79.8 Å². The maximum absolute atomic E-state index is 12.3. The summed E-state index contributed by atoms with van der Waals surface area (Å²) in [5.41, 5.74) is 1.87. The van der Waals surface area contributed by atoms with Gasteiger partial charge in [0.1, 0.15) is 5.75 Å². The lowest BCUT2D eigenvalue weighted by Crippen LogP contribution is -2.38. The molecule has 0 fully saturated rings. The number of hydrogen-bond donors (Lipinski definition) is 2. The first-order valence-electron chi connectivity index (χ1n) is 9.42. The summed E-state index contributed by atoms with van der Waals surface area (Å²) < 4.78 is 29.7. The third-order valence-corrected chi connectivity index (χ3v) is 5.74. The molecule has 2 rings (SSSR count). The molecule has 0 aliphatic rings. The van der Waals surface area contributed by atoms with Crippen molar-refractivity contribution in [1.82, 2.24) is 10.6 Å². The van der Waals surface area contributed by atoms with Gasteiger partial charge in [-0.1, -0.05) is 42.5 Å². The van der Waals surface area contributed by atoms with E-state index in [2.05, 4.69) is 15.6 Å². The summed E-state index contributed by atoms with van der Waals surface area (Å²) in [6, 6.07) is 17.0. The van der Waals surface area contributed by atoms with Crippen LogP contribution in [0.2, 0.25) is 0 Å². The Labute approximate surface area is 168 Å². The molecule has 0 saturated heterocycles. The quantitative estimate of drug-likeness (QED) is 0.362. The fraction of sp³-hybridized carbons (Fsp3) is 0.381. The molecule has 2 N–H and O–H groups in total. The minimum absolute atomic E-state index is 0.0812. The molecule has 2 aromatic rings. The molecule has 0 bridgehead atoms. The van der Waals surface area contributed by atoms with Crippen LogP contribution >= 0.6 is 0 Å². The van der Waals surface area contributed by atoms with Gasteiger partial charge >= 0.3 is 0 Å². The number of benzene rings is 2. The molecule has 0 atom stereocenters. The summed E-state index contributed by atoms with van der Waals surface area (Å²) in [5, 5.41) is 6.38. The number of methoxy groups -OCH3 is 1. The van der Waals surface area contributed by atoms with Crippen LogP contribution < -0.4 is 15.4 Å². The Morgan fingerprint density at radius 3 is 2.50 bits per heavy atom. The van der Waals surface area contributed by atoms with Gasteiger partial charge in [-0.15, -0.1) is 0 Å². The van der Waals surface area contributed by atoms with Crippen molar-refractivity contribution < 1.29 is 13.2 Å². The van der Waals surface area contributed by atoms with E-state index in [-0.39, 0.29) is 11.5 Å². The fourth-order valence-electron chi connectivity index (χ4n) is 2.68. The van der Waals surface area contributed by atoms with Crippen molar-refractivity contribution in [2.45, 2.75) is 25.6 Å². The number of aliphatic imine (C=N–C) groups is 1. The first-order valence-corrected chi connectivity index (χ1v) is 11.2. The van der Waals surface area contributed by atoms with E-state index in [1.54, 1.807) is 7.11 Å². The number of guanidine groups is 1. The first-order chi connectivity index (χ1) is 13.5. The van der Waals surface area contributed by atoms with Gasteiger partial charge in [-0.2, -0.15) is 0 Å². The number of nitrogens with zero attached hydrogens (tertiary/aromatic N) is 1. The van der Waals surface area contributed by atoms with Gasteiger partial charge in [-0.25, -0.2) is 13.4 Å². The number of rotatable bonds is 10. The highest BCUT2D eigenvalue weighted by atomic mass is 32.2. The number of ether oxygens (including phenoxy) is 1. The van der Waals surface area contributed by atoms with Crippen LogP contribution in [0, 0.1) is 0 Å². The van der Waals surface area contributed by atoms with Crippen LogP contribution in [-0.2, 0) is 22.1 Å². The molecule has 0 aromatic heterocycles. The third-order valence-electron chi connectivity index (χ3n) is 4.05. The standard InChI is InChI=1S/C21H29N3O3S/c1-3-22-21(24-16-19-11-7-12-20(15-19)27-2)23-13-8-14-28(25,26)17-18-9-5-4-6-10-18/h4-7,9-12,15H,3,8,13-14,16-17H2,1-2H3,(H2,22,23,24). The summed E-state index contributed by atoms with van der Waals surface area (Å²) in [6.45, 7) is 3.78. The molecule has 0 amide bonds. The second-order valence-electron chi connectivity index (χ2n) is 6.40. The Hall–Kier alpha value is -2.54. The van der Waals surface area contributed by atoms with Crippen molar-refractivity contribution in [3.05, 3.63) is 65.7 Å². The van der Waals surface area contributed by atoms with Gasteiger partial charge in [0.2, 0.25) is 0 Å². The van der Waals surface area contributed by atoms with Crippen LogP contribution in [0.4, 0.5) is 0 Å². The Balaban J connectivity index is 1.82. The second kappa shape index (κ2) is 11.3. The average Bonchev–Trinajstić information content (AvgIpc) is 2.70.